The van der Waals surface area contributed by atoms with Crippen molar-refractivity contribution in [3.8, 4) is 0 Å². The van der Waals surface area contributed by atoms with E-state index in [4.69, 9.17) is 5.73 Å². The zero-order valence-corrected chi connectivity index (χ0v) is 12.3. The maximum Gasteiger partial charge on any atom is 0.237 e. The second kappa shape index (κ2) is 7.41. The Balaban J connectivity index is 1.87. The molecule has 0 bridgehead atoms. The van der Waals surface area contributed by atoms with Crippen molar-refractivity contribution < 1.29 is 4.79 Å². The quantitative estimate of drug-likeness (QED) is 0.829. The normalized spacial score (nSPS) is 17.1. The summed E-state index contributed by atoms with van der Waals surface area (Å²) in [4.78, 5) is 14.1. The largest absolute Gasteiger partial charge is 0.351 e. The van der Waals surface area contributed by atoms with Crippen molar-refractivity contribution >= 4 is 5.91 Å². The summed E-state index contributed by atoms with van der Waals surface area (Å²) >= 11 is 0. The van der Waals surface area contributed by atoms with E-state index >= 15 is 0 Å². The lowest BCUT2D eigenvalue weighted by Gasteiger charge is -2.15. The summed E-state index contributed by atoms with van der Waals surface area (Å²) in [7, 11) is 0. The van der Waals surface area contributed by atoms with Gasteiger partial charge in [-0.3, -0.25) is 9.69 Å². The van der Waals surface area contributed by atoms with Gasteiger partial charge in [0.1, 0.15) is 0 Å². The summed E-state index contributed by atoms with van der Waals surface area (Å²) in [5.74, 6) is -0.0718. The van der Waals surface area contributed by atoms with Gasteiger partial charge in [0.15, 0.2) is 0 Å². The summed E-state index contributed by atoms with van der Waals surface area (Å²) in [5.41, 5.74) is 8.16. The summed E-state index contributed by atoms with van der Waals surface area (Å²) in [6.45, 7) is 5.89. The number of carbonyl (C=O) groups is 1. The van der Waals surface area contributed by atoms with Crippen molar-refractivity contribution in [1.29, 1.82) is 0 Å². The van der Waals surface area contributed by atoms with Crippen molar-refractivity contribution in [3.05, 3.63) is 35.4 Å². The van der Waals surface area contributed by atoms with Crippen LogP contribution in [0.1, 0.15) is 37.3 Å². The van der Waals surface area contributed by atoms with E-state index in [2.05, 4.69) is 28.4 Å². The monoisotopic (exact) mass is 275 g/mol. The van der Waals surface area contributed by atoms with Crippen LogP contribution in [0.5, 0.6) is 0 Å². The number of hydrogen-bond acceptors (Lipinski definition) is 3. The highest BCUT2D eigenvalue weighted by Crippen LogP contribution is 2.13. The predicted molar refractivity (Wildman–Crippen MR) is 81.1 cm³/mol. The SMILES string of the molecule is CC[C@H](N)C(=O)NCc1cccc(CN2CCCC2)c1. The Hall–Kier alpha value is -1.39. The highest BCUT2D eigenvalue weighted by molar-refractivity contribution is 5.81. The number of rotatable bonds is 6. The minimum atomic E-state index is -0.400. The van der Waals surface area contributed by atoms with E-state index < -0.39 is 6.04 Å². The predicted octanol–water partition coefficient (Wildman–Crippen LogP) is 1.64. The molecule has 20 heavy (non-hydrogen) atoms. The van der Waals surface area contributed by atoms with Crippen LogP contribution in [0, 0.1) is 0 Å². The number of benzene rings is 1. The highest BCUT2D eigenvalue weighted by Gasteiger charge is 2.12. The average Bonchev–Trinajstić information content (AvgIpc) is 2.97. The minimum absolute atomic E-state index is 0.0718. The number of hydrogen-bond donors (Lipinski definition) is 2. The molecule has 3 N–H and O–H groups in total. The Labute approximate surface area is 121 Å². The summed E-state index contributed by atoms with van der Waals surface area (Å²) in [5, 5.41) is 2.89. The Bertz CT molecular complexity index is 441. The van der Waals surface area contributed by atoms with Crippen LogP contribution in [0.3, 0.4) is 0 Å². The zero-order chi connectivity index (χ0) is 14.4. The van der Waals surface area contributed by atoms with Gasteiger partial charge in [0.2, 0.25) is 5.91 Å². The molecule has 0 unspecified atom stereocenters. The van der Waals surface area contributed by atoms with Crippen LogP contribution >= 0.6 is 0 Å². The average molecular weight is 275 g/mol. The molecule has 0 radical (unpaired) electrons. The topological polar surface area (TPSA) is 58.4 Å². The fourth-order valence-corrected chi connectivity index (χ4v) is 2.54. The second-order valence-electron chi connectivity index (χ2n) is 5.54. The second-order valence-corrected chi connectivity index (χ2v) is 5.54. The minimum Gasteiger partial charge on any atom is -0.351 e. The number of carbonyl (C=O) groups excluding carboxylic acids is 1. The maximum atomic E-state index is 11.7. The molecule has 1 fully saturated rings. The van der Waals surface area contributed by atoms with Gasteiger partial charge < -0.3 is 11.1 Å². The van der Waals surface area contributed by atoms with E-state index in [-0.39, 0.29) is 5.91 Å². The lowest BCUT2D eigenvalue weighted by atomic mass is 10.1. The molecule has 0 aliphatic carbocycles. The van der Waals surface area contributed by atoms with Gasteiger partial charge in [-0.15, -0.1) is 0 Å². The molecule has 1 aliphatic rings. The Kier molecular flexibility index (Phi) is 5.56. The summed E-state index contributed by atoms with van der Waals surface area (Å²) in [6, 6.07) is 8.04. The fraction of sp³-hybridized carbons (Fsp3) is 0.562. The molecule has 1 heterocycles. The highest BCUT2D eigenvalue weighted by atomic mass is 16.2. The van der Waals surface area contributed by atoms with E-state index in [0.29, 0.717) is 13.0 Å². The van der Waals surface area contributed by atoms with Gasteiger partial charge in [-0.2, -0.15) is 0 Å². The van der Waals surface area contributed by atoms with Crippen molar-refractivity contribution in [1.82, 2.24) is 10.2 Å². The van der Waals surface area contributed by atoms with Crippen molar-refractivity contribution in [3.63, 3.8) is 0 Å². The first kappa shape index (κ1) is 15.0. The lowest BCUT2D eigenvalue weighted by Crippen LogP contribution is -2.39. The van der Waals surface area contributed by atoms with Crippen LogP contribution in [0.4, 0.5) is 0 Å². The molecule has 110 valence electrons. The van der Waals surface area contributed by atoms with Crippen LogP contribution in [-0.4, -0.2) is 29.9 Å². The first-order valence-electron chi connectivity index (χ1n) is 7.52. The molecule has 4 heteroatoms. The molecule has 1 saturated heterocycles. The van der Waals surface area contributed by atoms with E-state index in [1.54, 1.807) is 0 Å². The molecule has 1 atom stereocenters. The van der Waals surface area contributed by atoms with Gasteiger partial charge in [0, 0.05) is 13.1 Å². The van der Waals surface area contributed by atoms with Gasteiger partial charge in [0.25, 0.3) is 0 Å². The first-order chi connectivity index (χ1) is 9.69. The molecule has 1 amide bonds. The number of likely N-dealkylation sites (tertiary alicyclic amines) is 1. The molecular weight excluding hydrogens is 250 g/mol. The third kappa shape index (κ3) is 4.32. The fourth-order valence-electron chi connectivity index (χ4n) is 2.54. The van der Waals surface area contributed by atoms with Crippen LogP contribution in [-0.2, 0) is 17.9 Å². The third-order valence-electron chi connectivity index (χ3n) is 3.84. The molecule has 4 nitrogen and oxygen atoms in total. The Morgan fingerprint density at radius 2 is 2.05 bits per heavy atom. The van der Waals surface area contributed by atoms with Crippen LogP contribution in [0.25, 0.3) is 0 Å². The molecule has 0 spiro atoms. The number of nitrogens with one attached hydrogen (secondary N) is 1. The van der Waals surface area contributed by atoms with Gasteiger partial charge in [-0.25, -0.2) is 0 Å². The molecule has 1 aromatic carbocycles. The molecule has 0 saturated carbocycles. The van der Waals surface area contributed by atoms with E-state index in [9.17, 15) is 4.79 Å². The van der Waals surface area contributed by atoms with Crippen molar-refractivity contribution in [2.24, 2.45) is 5.73 Å². The van der Waals surface area contributed by atoms with Gasteiger partial charge in [-0.05, 0) is 43.5 Å². The Morgan fingerprint density at radius 3 is 2.75 bits per heavy atom. The van der Waals surface area contributed by atoms with Crippen molar-refractivity contribution in [2.75, 3.05) is 13.1 Å². The van der Waals surface area contributed by atoms with E-state index in [0.717, 1.165) is 12.1 Å². The maximum absolute atomic E-state index is 11.7. The van der Waals surface area contributed by atoms with Crippen molar-refractivity contribution in [2.45, 2.75) is 45.3 Å². The van der Waals surface area contributed by atoms with E-state index in [1.165, 1.54) is 31.5 Å². The van der Waals surface area contributed by atoms with Gasteiger partial charge in [0.05, 0.1) is 6.04 Å². The summed E-state index contributed by atoms with van der Waals surface area (Å²) < 4.78 is 0. The molecule has 2 rings (SSSR count). The number of amides is 1. The van der Waals surface area contributed by atoms with Crippen LogP contribution < -0.4 is 11.1 Å². The summed E-state index contributed by atoms with van der Waals surface area (Å²) in [6.07, 6.45) is 3.29. The van der Waals surface area contributed by atoms with Gasteiger partial charge >= 0.3 is 0 Å². The lowest BCUT2D eigenvalue weighted by molar-refractivity contribution is -0.122. The molecule has 1 aliphatic heterocycles. The van der Waals surface area contributed by atoms with Gasteiger partial charge in [-0.1, -0.05) is 31.2 Å². The standard InChI is InChI=1S/C16H25N3O/c1-2-15(17)16(20)18-11-13-6-5-7-14(10-13)12-19-8-3-4-9-19/h5-7,10,15H,2-4,8-9,11-12,17H2,1H3,(H,18,20)/t15-/m0/s1. The zero-order valence-electron chi connectivity index (χ0n) is 12.3. The Morgan fingerprint density at radius 1 is 1.35 bits per heavy atom. The first-order valence-corrected chi connectivity index (χ1v) is 7.52. The molecule has 0 aromatic heterocycles. The molecular formula is C16H25N3O. The molecule has 1 aromatic rings. The number of nitrogens with two attached hydrogens (primary N) is 1. The smallest absolute Gasteiger partial charge is 0.237 e. The van der Waals surface area contributed by atoms with Crippen LogP contribution in [0.15, 0.2) is 24.3 Å². The van der Waals surface area contributed by atoms with Crippen LogP contribution in [0.2, 0.25) is 0 Å². The van der Waals surface area contributed by atoms with E-state index in [1.807, 2.05) is 13.0 Å². The third-order valence-corrected chi connectivity index (χ3v) is 3.84. The number of nitrogens with zero attached hydrogens (tertiary/aromatic N) is 1.